The van der Waals surface area contributed by atoms with Crippen LogP contribution >= 0.6 is 0 Å². The van der Waals surface area contributed by atoms with Crippen molar-refractivity contribution >= 4 is 0 Å². The van der Waals surface area contributed by atoms with Crippen molar-refractivity contribution in [1.82, 2.24) is 0 Å². The Bertz CT molecular complexity index is 203. The molecule has 96 valence electrons. The predicted octanol–water partition coefficient (Wildman–Crippen LogP) is 1.71. The summed E-state index contributed by atoms with van der Waals surface area (Å²) in [6.07, 6.45) is -4.75. The maximum absolute atomic E-state index is 12.5. The van der Waals surface area contributed by atoms with Crippen molar-refractivity contribution in [3.63, 3.8) is 0 Å². The van der Waals surface area contributed by atoms with Crippen LogP contribution in [0.4, 0.5) is 13.2 Å². The fourth-order valence-corrected chi connectivity index (χ4v) is 1.70. The van der Waals surface area contributed by atoms with E-state index in [1.54, 1.807) is 0 Å². The summed E-state index contributed by atoms with van der Waals surface area (Å²) >= 11 is 0. The van der Waals surface area contributed by atoms with Gasteiger partial charge in [0.05, 0.1) is 6.61 Å². The van der Waals surface area contributed by atoms with E-state index in [2.05, 4.69) is 0 Å². The lowest BCUT2D eigenvalue weighted by Crippen LogP contribution is -2.46. The van der Waals surface area contributed by atoms with Crippen LogP contribution in [-0.4, -0.2) is 38.1 Å². The quantitative estimate of drug-likeness (QED) is 0.814. The molecule has 0 radical (unpaired) electrons. The van der Waals surface area contributed by atoms with Crippen LogP contribution in [0.5, 0.6) is 0 Å². The molecule has 2 unspecified atom stereocenters. The number of hydrogen-bond donors (Lipinski definition) is 1. The molecule has 2 atom stereocenters. The fourth-order valence-electron chi connectivity index (χ4n) is 1.70. The number of ether oxygens (including phenoxy) is 2. The van der Waals surface area contributed by atoms with E-state index >= 15 is 0 Å². The van der Waals surface area contributed by atoms with Crippen LogP contribution in [-0.2, 0) is 9.47 Å². The largest absolute Gasteiger partial charge is 0.416 e. The van der Waals surface area contributed by atoms with Crippen molar-refractivity contribution in [2.75, 3.05) is 19.8 Å². The molecule has 1 aliphatic heterocycles. The Labute approximate surface area is 93.1 Å². The first-order chi connectivity index (χ1) is 7.41. The van der Waals surface area contributed by atoms with Crippen LogP contribution < -0.4 is 5.73 Å². The minimum Gasteiger partial charge on any atom is -0.381 e. The van der Waals surface area contributed by atoms with Crippen LogP contribution in [0.3, 0.4) is 0 Å². The molecule has 0 amide bonds. The number of halogens is 3. The summed E-state index contributed by atoms with van der Waals surface area (Å²) in [6, 6.07) is -1.04. The van der Waals surface area contributed by atoms with E-state index < -0.39 is 18.3 Å². The summed E-state index contributed by atoms with van der Waals surface area (Å²) < 4.78 is 47.5. The molecule has 0 aromatic rings. The molecular weight excluding hydrogens is 223 g/mol. The molecule has 0 spiro atoms. The van der Waals surface area contributed by atoms with Gasteiger partial charge in [0.15, 0.2) is 6.10 Å². The van der Waals surface area contributed by atoms with Crippen LogP contribution in [0.25, 0.3) is 0 Å². The Morgan fingerprint density at radius 2 is 1.94 bits per heavy atom. The molecule has 1 rings (SSSR count). The molecular formula is C10H18F3NO2. The number of alkyl halides is 3. The molecule has 3 nitrogen and oxygen atoms in total. The molecule has 1 fully saturated rings. The fraction of sp³-hybridized carbons (Fsp3) is 1.00. The predicted molar refractivity (Wildman–Crippen MR) is 53.0 cm³/mol. The third-order valence-electron chi connectivity index (χ3n) is 2.65. The zero-order valence-electron chi connectivity index (χ0n) is 9.30. The van der Waals surface area contributed by atoms with Gasteiger partial charge >= 0.3 is 6.18 Å². The standard InChI is InChI=1S/C10H18F3NO2/c1-7(14)9(10(11,12)13)16-6-8-2-4-15-5-3-8/h7-9H,2-6,14H2,1H3. The normalized spacial score (nSPS) is 23.1. The average molecular weight is 241 g/mol. The first-order valence-electron chi connectivity index (χ1n) is 5.43. The van der Waals surface area contributed by atoms with Gasteiger partial charge in [-0.25, -0.2) is 0 Å². The second-order valence-electron chi connectivity index (χ2n) is 4.21. The summed E-state index contributed by atoms with van der Waals surface area (Å²) in [7, 11) is 0. The van der Waals surface area contributed by atoms with Crippen molar-refractivity contribution in [3.8, 4) is 0 Å². The molecule has 1 saturated heterocycles. The van der Waals surface area contributed by atoms with E-state index in [1.165, 1.54) is 6.92 Å². The summed E-state index contributed by atoms with van der Waals surface area (Å²) in [6.45, 7) is 2.61. The topological polar surface area (TPSA) is 44.5 Å². The van der Waals surface area contributed by atoms with E-state index in [-0.39, 0.29) is 12.5 Å². The maximum Gasteiger partial charge on any atom is 0.416 e. The molecule has 0 aromatic carbocycles. The lowest BCUT2D eigenvalue weighted by Gasteiger charge is -2.28. The SMILES string of the molecule is CC(N)C(OCC1CCOCC1)C(F)(F)F. The Balaban J connectivity index is 2.37. The Kier molecular flexibility index (Phi) is 5.01. The van der Waals surface area contributed by atoms with E-state index in [4.69, 9.17) is 15.2 Å². The highest BCUT2D eigenvalue weighted by atomic mass is 19.4. The highest BCUT2D eigenvalue weighted by Crippen LogP contribution is 2.26. The van der Waals surface area contributed by atoms with Gasteiger partial charge in [-0.05, 0) is 25.7 Å². The second-order valence-corrected chi connectivity index (χ2v) is 4.21. The van der Waals surface area contributed by atoms with Crippen molar-refractivity contribution in [2.24, 2.45) is 11.7 Å². The summed E-state index contributed by atoms with van der Waals surface area (Å²) in [4.78, 5) is 0. The van der Waals surface area contributed by atoms with Crippen LogP contribution in [0.15, 0.2) is 0 Å². The first-order valence-corrected chi connectivity index (χ1v) is 5.43. The van der Waals surface area contributed by atoms with Gasteiger partial charge < -0.3 is 15.2 Å². The minimum absolute atomic E-state index is 0.106. The van der Waals surface area contributed by atoms with Gasteiger partial charge in [-0.15, -0.1) is 0 Å². The smallest absolute Gasteiger partial charge is 0.381 e. The summed E-state index contributed by atoms with van der Waals surface area (Å²) in [5.41, 5.74) is 5.27. The lowest BCUT2D eigenvalue weighted by molar-refractivity contribution is -0.229. The van der Waals surface area contributed by atoms with Crippen molar-refractivity contribution in [1.29, 1.82) is 0 Å². The van der Waals surface area contributed by atoms with Gasteiger partial charge in [-0.1, -0.05) is 0 Å². The first kappa shape index (κ1) is 13.7. The number of hydrogen-bond acceptors (Lipinski definition) is 3. The van der Waals surface area contributed by atoms with Crippen molar-refractivity contribution in [3.05, 3.63) is 0 Å². The van der Waals surface area contributed by atoms with Gasteiger partial charge in [0.25, 0.3) is 0 Å². The number of nitrogens with two attached hydrogens (primary N) is 1. The van der Waals surface area contributed by atoms with Gasteiger partial charge in [0.2, 0.25) is 0 Å². The molecule has 0 bridgehead atoms. The van der Waals surface area contributed by atoms with Crippen LogP contribution in [0.2, 0.25) is 0 Å². The Hall–Kier alpha value is -0.330. The van der Waals surface area contributed by atoms with E-state index in [1.807, 2.05) is 0 Å². The molecule has 0 aromatic heterocycles. The average Bonchev–Trinajstić information content (AvgIpc) is 2.17. The molecule has 6 heteroatoms. The molecule has 0 aliphatic carbocycles. The lowest BCUT2D eigenvalue weighted by atomic mass is 10.0. The third-order valence-corrected chi connectivity index (χ3v) is 2.65. The minimum atomic E-state index is -4.39. The van der Waals surface area contributed by atoms with Crippen LogP contribution in [0.1, 0.15) is 19.8 Å². The Morgan fingerprint density at radius 1 is 1.38 bits per heavy atom. The zero-order valence-corrected chi connectivity index (χ0v) is 9.30. The van der Waals surface area contributed by atoms with Crippen molar-refractivity contribution < 1.29 is 22.6 Å². The maximum atomic E-state index is 12.5. The monoisotopic (exact) mass is 241 g/mol. The van der Waals surface area contributed by atoms with E-state index in [0.717, 1.165) is 12.8 Å². The van der Waals surface area contributed by atoms with E-state index in [0.29, 0.717) is 13.2 Å². The highest BCUT2D eigenvalue weighted by molar-refractivity contribution is 4.77. The number of rotatable bonds is 4. The van der Waals surface area contributed by atoms with Gasteiger partial charge in [0.1, 0.15) is 0 Å². The molecule has 2 N–H and O–H groups in total. The third kappa shape index (κ3) is 4.27. The van der Waals surface area contributed by atoms with Crippen molar-refractivity contribution in [2.45, 2.75) is 38.1 Å². The van der Waals surface area contributed by atoms with E-state index in [9.17, 15) is 13.2 Å². The van der Waals surface area contributed by atoms with Gasteiger partial charge in [-0.3, -0.25) is 0 Å². The van der Waals surface area contributed by atoms with Gasteiger partial charge in [0, 0.05) is 19.3 Å². The summed E-state index contributed by atoms with van der Waals surface area (Å²) in [5, 5.41) is 0. The molecule has 0 saturated carbocycles. The second kappa shape index (κ2) is 5.84. The summed E-state index contributed by atoms with van der Waals surface area (Å²) in [5.74, 6) is 0.150. The molecule has 1 aliphatic rings. The van der Waals surface area contributed by atoms with Crippen LogP contribution in [0, 0.1) is 5.92 Å². The zero-order chi connectivity index (χ0) is 12.2. The Morgan fingerprint density at radius 3 is 2.38 bits per heavy atom. The highest BCUT2D eigenvalue weighted by Gasteiger charge is 2.43. The molecule has 16 heavy (non-hydrogen) atoms. The molecule has 1 heterocycles. The van der Waals surface area contributed by atoms with Gasteiger partial charge in [-0.2, -0.15) is 13.2 Å².